The first-order valence-electron chi connectivity index (χ1n) is 6.83. The normalized spacial score (nSPS) is 16.7. The van der Waals surface area contributed by atoms with Gasteiger partial charge in [0.05, 0.1) is 5.56 Å². The number of ether oxygens (including phenoxy) is 1. The largest absolute Gasteiger partial charge is 0.449 e. The van der Waals surface area contributed by atoms with Crippen LogP contribution in [0.3, 0.4) is 0 Å². The number of nitrogens with one attached hydrogen (secondary N) is 1. The molecule has 1 amide bonds. The van der Waals surface area contributed by atoms with Crippen LogP contribution in [0.25, 0.3) is 0 Å². The molecule has 20 heavy (non-hydrogen) atoms. The standard InChI is InChI=1S/C15H18INO3/c1-10(14(18)17-13-4-2-3-5-13)20-15(19)11-6-8-12(16)9-7-11/h6-10,13H,2-5H2,1H3,(H,17,18). The summed E-state index contributed by atoms with van der Waals surface area (Å²) >= 11 is 2.17. The summed E-state index contributed by atoms with van der Waals surface area (Å²) in [7, 11) is 0. The van der Waals surface area contributed by atoms with E-state index in [-0.39, 0.29) is 11.9 Å². The van der Waals surface area contributed by atoms with E-state index < -0.39 is 12.1 Å². The zero-order chi connectivity index (χ0) is 14.5. The summed E-state index contributed by atoms with van der Waals surface area (Å²) < 4.78 is 6.24. The summed E-state index contributed by atoms with van der Waals surface area (Å²) in [5, 5.41) is 2.93. The van der Waals surface area contributed by atoms with E-state index in [1.807, 2.05) is 12.1 Å². The third-order valence-electron chi connectivity index (χ3n) is 3.43. The van der Waals surface area contributed by atoms with Gasteiger partial charge in [0.2, 0.25) is 0 Å². The molecule has 0 saturated heterocycles. The molecule has 2 rings (SSSR count). The molecule has 1 saturated carbocycles. The highest BCUT2D eigenvalue weighted by molar-refractivity contribution is 14.1. The first-order chi connectivity index (χ1) is 9.56. The molecule has 1 unspecified atom stereocenters. The fourth-order valence-electron chi connectivity index (χ4n) is 2.26. The van der Waals surface area contributed by atoms with E-state index in [2.05, 4.69) is 27.9 Å². The monoisotopic (exact) mass is 387 g/mol. The molecule has 0 bridgehead atoms. The topological polar surface area (TPSA) is 55.4 Å². The van der Waals surface area contributed by atoms with E-state index in [4.69, 9.17) is 4.74 Å². The Kier molecular flexibility index (Phi) is 5.39. The lowest BCUT2D eigenvalue weighted by Gasteiger charge is -2.17. The van der Waals surface area contributed by atoms with Gasteiger partial charge in [-0.1, -0.05) is 12.8 Å². The van der Waals surface area contributed by atoms with Gasteiger partial charge in [-0.25, -0.2) is 4.79 Å². The molecule has 1 aliphatic rings. The van der Waals surface area contributed by atoms with Gasteiger partial charge in [0.25, 0.3) is 5.91 Å². The summed E-state index contributed by atoms with van der Waals surface area (Å²) in [6.07, 6.45) is 3.58. The molecular weight excluding hydrogens is 369 g/mol. The second-order valence-corrected chi connectivity index (χ2v) is 6.29. The number of amides is 1. The van der Waals surface area contributed by atoms with Crippen molar-refractivity contribution in [3.8, 4) is 0 Å². The van der Waals surface area contributed by atoms with Crippen LogP contribution < -0.4 is 5.32 Å². The SMILES string of the molecule is CC(OC(=O)c1ccc(I)cc1)C(=O)NC1CCCC1. The van der Waals surface area contributed by atoms with Gasteiger partial charge in [-0.05, 0) is 66.6 Å². The van der Waals surface area contributed by atoms with Gasteiger partial charge in [-0.3, -0.25) is 4.79 Å². The third-order valence-corrected chi connectivity index (χ3v) is 4.15. The van der Waals surface area contributed by atoms with Gasteiger partial charge >= 0.3 is 5.97 Å². The summed E-state index contributed by atoms with van der Waals surface area (Å²) in [4.78, 5) is 23.8. The summed E-state index contributed by atoms with van der Waals surface area (Å²) in [6, 6.07) is 7.31. The molecule has 1 N–H and O–H groups in total. The summed E-state index contributed by atoms with van der Waals surface area (Å²) in [5.74, 6) is -0.675. The highest BCUT2D eigenvalue weighted by Gasteiger charge is 2.23. The number of carbonyl (C=O) groups is 2. The molecule has 1 aliphatic carbocycles. The van der Waals surface area contributed by atoms with Gasteiger partial charge in [-0.15, -0.1) is 0 Å². The molecule has 0 aliphatic heterocycles. The van der Waals surface area contributed by atoms with Crippen LogP contribution in [0.5, 0.6) is 0 Å². The highest BCUT2D eigenvalue weighted by Crippen LogP contribution is 2.18. The molecule has 0 aromatic heterocycles. The fourth-order valence-corrected chi connectivity index (χ4v) is 2.62. The predicted octanol–water partition coefficient (Wildman–Crippen LogP) is 2.90. The number of benzene rings is 1. The predicted molar refractivity (Wildman–Crippen MR) is 84.4 cm³/mol. The van der Waals surface area contributed by atoms with Crippen LogP contribution in [0.2, 0.25) is 0 Å². The molecule has 1 fully saturated rings. The Labute approximate surface area is 132 Å². The average Bonchev–Trinajstić information content (AvgIpc) is 2.92. The molecule has 1 aromatic carbocycles. The average molecular weight is 387 g/mol. The van der Waals surface area contributed by atoms with Crippen LogP contribution in [0.15, 0.2) is 24.3 Å². The molecular formula is C15H18INO3. The molecule has 1 atom stereocenters. The van der Waals surface area contributed by atoms with Gasteiger partial charge in [0, 0.05) is 9.61 Å². The first kappa shape index (κ1) is 15.3. The van der Waals surface area contributed by atoms with E-state index in [0.717, 1.165) is 29.3 Å². The quantitative estimate of drug-likeness (QED) is 0.639. The Morgan fingerprint density at radius 2 is 1.85 bits per heavy atom. The number of carbonyl (C=O) groups excluding carboxylic acids is 2. The Bertz CT molecular complexity index is 480. The van der Waals surface area contributed by atoms with Crippen molar-refractivity contribution < 1.29 is 14.3 Å². The lowest BCUT2D eigenvalue weighted by molar-refractivity contribution is -0.129. The maximum atomic E-state index is 11.9. The van der Waals surface area contributed by atoms with Gasteiger partial charge in [-0.2, -0.15) is 0 Å². The van der Waals surface area contributed by atoms with E-state index in [9.17, 15) is 9.59 Å². The number of halogens is 1. The number of hydrogen-bond acceptors (Lipinski definition) is 3. The first-order valence-corrected chi connectivity index (χ1v) is 7.91. The van der Waals surface area contributed by atoms with E-state index in [1.165, 1.54) is 0 Å². The van der Waals surface area contributed by atoms with Crippen LogP contribution >= 0.6 is 22.6 Å². The summed E-state index contributed by atoms with van der Waals surface area (Å²) in [5.41, 5.74) is 0.464. The highest BCUT2D eigenvalue weighted by atomic mass is 127. The lowest BCUT2D eigenvalue weighted by atomic mass is 10.2. The fraction of sp³-hybridized carbons (Fsp3) is 0.467. The molecule has 5 heteroatoms. The molecule has 0 radical (unpaired) electrons. The Balaban J connectivity index is 1.86. The minimum Gasteiger partial charge on any atom is -0.449 e. The van der Waals surface area contributed by atoms with Crippen molar-refractivity contribution in [2.75, 3.05) is 0 Å². The van der Waals surface area contributed by atoms with Crippen molar-refractivity contribution in [1.82, 2.24) is 5.32 Å². The van der Waals surface area contributed by atoms with E-state index in [0.29, 0.717) is 5.56 Å². The molecule has 0 spiro atoms. The van der Waals surface area contributed by atoms with E-state index >= 15 is 0 Å². The Hall–Kier alpha value is -1.11. The minimum atomic E-state index is -0.762. The van der Waals surface area contributed by atoms with Gasteiger partial charge in [0.1, 0.15) is 0 Å². The zero-order valence-corrected chi connectivity index (χ0v) is 13.6. The zero-order valence-electron chi connectivity index (χ0n) is 11.4. The maximum Gasteiger partial charge on any atom is 0.338 e. The number of esters is 1. The van der Waals surface area contributed by atoms with Crippen molar-refractivity contribution in [3.05, 3.63) is 33.4 Å². The minimum absolute atomic E-state index is 0.212. The van der Waals surface area contributed by atoms with Crippen LogP contribution in [0, 0.1) is 3.57 Å². The van der Waals surface area contributed by atoms with Crippen LogP contribution in [-0.2, 0) is 9.53 Å². The summed E-state index contributed by atoms with van der Waals surface area (Å²) in [6.45, 7) is 1.61. The Morgan fingerprint density at radius 3 is 2.45 bits per heavy atom. The van der Waals surface area contributed by atoms with Gasteiger partial charge in [0.15, 0.2) is 6.10 Å². The van der Waals surface area contributed by atoms with E-state index in [1.54, 1.807) is 19.1 Å². The number of hydrogen-bond donors (Lipinski definition) is 1. The van der Waals surface area contributed by atoms with Crippen molar-refractivity contribution in [3.63, 3.8) is 0 Å². The van der Waals surface area contributed by atoms with Crippen molar-refractivity contribution in [2.24, 2.45) is 0 Å². The second-order valence-electron chi connectivity index (χ2n) is 5.04. The third kappa shape index (κ3) is 4.19. The van der Waals surface area contributed by atoms with Crippen molar-refractivity contribution in [2.45, 2.75) is 44.8 Å². The molecule has 1 aromatic rings. The van der Waals surface area contributed by atoms with Crippen LogP contribution in [0.1, 0.15) is 43.0 Å². The molecule has 108 valence electrons. The van der Waals surface area contributed by atoms with Crippen molar-refractivity contribution >= 4 is 34.5 Å². The van der Waals surface area contributed by atoms with Crippen molar-refractivity contribution in [1.29, 1.82) is 0 Å². The lowest BCUT2D eigenvalue weighted by Crippen LogP contribution is -2.40. The van der Waals surface area contributed by atoms with Crippen LogP contribution in [0.4, 0.5) is 0 Å². The maximum absolute atomic E-state index is 11.9. The second kappa shape index (κ2) is 7.06. The van der Waals surface area contributed by atoms with Gasteiger partial charge < -0.3 is 10.1 Å². The van der Waals surface area contributed by atoms with Crippen LogP contribution in [-0.4, -0.2) is 24.0 Å². The molecule has 4 nitrogen and oxygen atoms in total. The molecule has 0 heterocycles. The number of rotatable bonds is 4. The smallest absolute Gasteiger partial charge is 0.338 e. The Morgan fingerprint density at radius 1 is 1.25 bits per heavy atom.